The van der Waals surface area contributed by atoms with Crippen LogP contribution in [0.4, 0.5) is 0 Å². The summed E-state index contributed by atoms with van der Waals surface area (Å²) >= 11 is 0. The molecule has 0 aromatic rings. The molecule has 6 N–H and O–H groups in total. The number of carbonyl (C=O) groups excluding carboxylic acids is 1. The fraction of sp³-hybridized carbons (Fsp3) is 0.917. The predicted octanol–water partition coefficient (Wildman–Crippen LogP) is -2.55. The first-order valence-electron chi connectivity index (χ1n) is 6.56. The van der Waals surface area contributed by atoms with Crippen LogP contribution in [0.25, 0.3) is 0 Å². The second kappa shape index (κ2) is 6.79. The Morgan fingerprint density at radius 3 is 2.60 bits per heavy atom. The minimum absolute atomic E-state index is 0.153. The van der Waals surface area contributed by atoms with Gasteiger partial charge >= 0.3 is 0 Å². The lowest BCUT2D eigenvalue weighted by atomic mass is 9.89. The first kappa shape index (κ1) is 17.3. The van der Waals surface area contributed by atoms with E-state index < -0.39 is 42.9 Å². The highest BCUT2D eigenvalue weighted by Gasteiger charge is 2.47. The molecule has 0 aromatic carbocycles. The fourth-order valence-corrected chi connectivity index (χ4v) is 2.22. The Labute approximate surface area is 117 Å². The van der Waals surface area contributed by atoms with Gasteiger partial charge in [-0.25, -0.2) is 0 Å². The first-order valence-corrected chi connectivity index (χ1v) is 6.56. The maximum Gasteiger partial charge on any atom is 0.220 e. The zero-order chi connectivity index (χ0) is 15.5. The summed E-state index contributed by atoms with van der Waals surface area (Å²) in [6.07, 6.45) is -5.46. The maximum atomic E-state index is 11.5. The third kappa shape index (κ3) is 4.11. The second-order valence-electron chi connectivity index (χ2n) is 5.22. The number of carbonyl (C=O) groups is 1. The summed E-state index contributed by atoms with van der Waals surface area (Å²) in [4.78, 5) is 11.5. The molecule has 0 unspecified atom stereocenters. The summed E-state index contributed by atoms with van der Waals surface area (Å²) in [6.45, 7) is 2.21. The molecular formula is C12H23NO7. The van der Waals surface area contributed by atoms with Crippen LogP contribution in [0.5, 0.6) is 0 Å². The SMILES string of the molecule is CCC(=O)N[C@H]1[C@H]([C@H](O)[C@H](O)CO)O[C@@](C)(O)C[C@@H]1O. The highest BCUT2D eigenvalue weighted by atomic mass is 16.6. The molecule has 6 atom stereocenters. The van der Waals surface area contributed by atoms with Crippen LogP contribution in [0.3, 0.4) is 0 Å². The van der Waals surface area contributed by atoms with Crippen LogP contribution in [0, 0.1) is 0 Å². The molecule has 1 rings (SSSR count). The molecule has 8 heteroatoms. The van der Waals surface area contributed by atoms with Gasteiger partial charge in [0.15, 0.2) is 5.79 Å². The normalized spacial score (nSPS) is 37.2. The Hall–Kier alpha value is -0.770. The van der Waals surface area contributed by atoms with Crippen molar-refractivity contribution in [2.24, 2.45) is 0 Å². The third-order valence-electron chi connectivity index (χ3n) is 3.31. The Bertz CT molecular complexity index is 336. The molecule has 0 saturated carbocycles. The molecule has 118 valence electrons. The average Bonchev–Trinajstić information content (AvgIpc) is 2.38. The van der Waals surface area contributed by atoms with E-state index in [4.69, 9.17) is 9.84 Å². The number of aliphatic hydroxyl groups is 5. The smallest absolute Gasteiger partial charge is 0.220 e. The standard InChI is InChI=1S/C12H23NO7/c1-3-8(17)13-9-6(15)4-12(2,19)20-11(9)10(18)7(16)5-14/h6-7,9-11,14-16,18-19H,3-5H2,1-2H3,(H,13,17)/t6-,7+,9+,10+,11+,12+/m0/s1. The number of ether oxygens (including phenoxy) is 1. The number of hydrogen-bond donors (Lipinski definition) is 6. The van der Waals surface area contributed by atoms with Crippen LogP contribution in [0.1, 0.15) is 26.7 Å². The zero-order valence-corrected chi connectivity index (χ0v) is 11.6. The zero-order valence-electron chi connectivity index (χ0n) is 11.6. The van der Waals surface area contributed by atoms with Gasteiger partial charge in [0.1, 0.15) is 18.3 Å². The van der Waals surface area contributed by atoms with Crippen LogP contribution in [-0.4, -0.2) is 74.3 Å². The van der Waals surface area contributed by atoms with E-state index in [9.17, 15) is 25.2 Å². The fourth-order valence-electron chi connectivity index (χ4n) is 2.22. The van der Waals surface area contributed by atoms with E-state index in [1.807, 2.05) is 0 Å². The average molecular weight is 293 g/mol. The van der Waals surface area contributed by atoms with Crippen LogP contribution < -0.4 is 5.32 Å². The molecule has 0 aromatic heterocycles. The Morgan fingerprint density at radius 1 is 1.50 bits per heavy atom. The summed E-state index contributed by atoms with van der Waals surface area (Å²) in [5.74, 6) is -2.07. The minimum Gasteiger partial charge on any atom is -0.394 e. The minimum atomic E-state index is -1.70. The number of hydrogen-bond acceptors (Lipinski definition) is 7. The molecule has 0 aliphatic carbocycles. The molecule has 0 bridgehead atoms. The maximum absolute atomic E-state index is 11.5. The lowest BCUT2D eigenvalue weighted by Gasteiger charge is -2.45. The van der Waals surface area contributed by atoms with E-state index in [0.717, 1.165) is 0 Å². The van der Waals surface area contributed by atoms with Crippen molar-refractivity contribution < 1.29 is 35.1 Å². The van der Waals surface area contributed by atoms with Gasteiger partial charge in [0.05, 0.1) is 18.8 Å². The van der Waals surface area contributed by atoms with Crippen LogP contribution in [0.2, 0.25) is 0 Å². The number of aliphatic hydroxyl groups excluding tert-OH is 4. The number of nitrogens with one attached hydrogen (secondary N) is 1. The van der Waals surface area contributed by atoms with Crippen LogP contribution >= 0.6 is 0 Å². The Balaban J connectivity index is 2.93. The molecule has 1 fully saturated rings. The van der Waals surface area contributed by atoms with Gasteiger partial charge in [-0.05, 0) is 6.92 Å². The van der Waals surface area contributed by atoms with Crippen LogP contribution in [0.15, 0.2) is 0 Å². The summed E-state index contributed by atoms with van der Waals surface area (Å²) in [5.41, 5.74) is 0. The van der Waals surface area contributed by atoms with Crippen LogP contribution in [-0.2, 0) is 9.53 Å². The highest BCUT2D eigenvalue weighted by Crippen LogP contribution is 2.29. The van der Waals surface area contributed by atoms with Crippen molar-refractivity contribution in [3.63, 3.8) is 0 Å². The first-order chi connectivity index (χ1) is 9.21. The summed E-state index contributed by atoms with van der Waals surface area (Å²) in [6, 6.07) is -0.987. The largest absolute Gasteiger partial charge is 0.394 e. The third-order valence-corrected chi connectivity index (χ3v) is 3.31. The van der Waals surface area contributed by atoms with Gasteiger partial charge in [0, 0.05) is 12.8 Å². The van der Waals surface area contributed by atoms with Gasteiger partial charge in [-0.15, -0.1) is 0 Å². The topological polar surface area (TPSA) is 139 Å². The Kier molecular flexibility index (Phi) is 5.87. The van der Waals surface area contributed by atoms with Gasteiger partial charge in [0.2, 0.25) is 5.91 Å². The Morgan fingerprint density at radius 2 is 2.10 bits per heavy atom. The van der Waals surface area contributed by atoms with Crippen molar-refractivity contribution in [3.8, 4) is 0 Å². The molecule has 8 nitrogen and oxygen atoms in total. The van der Waals surface area contributed by atoms with E-state index in [0.29, 0.717) is 0 Å². The number of rotatable bonds is 5. The predicted molar refractivity (Wildman–Crippen MR) is 67.4 cm³/mol. The molecule has 0 spiro atoms. The second-order valence-corrected chi connectivity index (χ2v) is 5.22. The molecule has 1 amide bonds. The van der Waals surface area contributed by atoms with Crippen molar-refractivity contribution in [2.75, 3.05) is 6.61 Å². The quantitative estimate of drug-likeness (QED) is 0.328. The van der Waals surface area contributed by atoms with E-state index >= 15 is 0 Å². The molecule has 1 aliphatic rings. The molecule has 1 saturated heterocycles. The van der Waals surface area contributed by atoms with E-state index in [1.165, 1.54) is 6.92 Å². The van der Waals surface area contributed by atoms with Crippen molar-refractivity contribution >= 4 is 5.91 Å². The lowest BCUT2D eigenvalue weighted by molar-refractivity contribution is -0.292. The van der Waals surface area contributed by atoms with Crippen molar-refractivity contribution in [1.29, 1.82) is 0 Å². The van der Waals surface area contributed by atoms with Gasteiger partial charge in [-0.1, -0.05) is 6.92 Å². The summed E-state index contributed by atoms with van der Waals surface area (Å²) in [5, 5.41) is 50.7. The van der Waals surface area contributed by atoms with Gasteiger partial charge in [-0.3, -0.25) is 4.79 Å². The van der Waals surface area contributed by atoms with Gasteiger partial charge in [0.25, 0.3) is 0 Å². The van der Waals surface area contributed by atoms with E-state index in [-0.39, 0.29) is 18.7 Å². The molecular weight excluding hydrogens is 270 g/mol. The van der Waals surface area contributed by atoms with E-state index in [2.05, 4.69) is 5.32 Å². The summed E-state index contributed by atoms with van der Waals surface area (Å²) in [7, 11) is 0. The van der Waals surface area contributed by atoms with E-state index in [1.54, 1.807) is 6.92 Å². The number of amides is 1. The lowest BCUT2D eigenvalue weighted by Crippen LogP contribution is -2.65. The van der Waals surface area contributed by atoms with Crippen molar-refractivity contribution in [2.45, 2.75) is 62.9 Å². The summed E-state index contributed by atoms with van der Waals surface area (Å²) < 4.78 is 5.25. The molecule has 20 heavy (non-hydrogen) atoms. The van der Waals surface area contributed by atoms with Gasteiger partial charge < -0.3 is 35.6 Å². The monoisotopic (exact) mass is 293 g/mol. The van der Waals surface area contributed by atoms with Crippen molar-refractivity contribution in [3.05, 3.63) is 0 Å². The molecule has 0 radical (unpaired) electrons. The van der Waals surface area contributed by atoms with Gasteiger partial charge in [-0.2, -0.15) is 0 Å². The molecule has 1 heterocycles. The highest BCUT2D eigenvalue weighted by molar-refractivity contribution is 5.76. The van der Waals surface area contributed by atoms with Crippen molar-refractivity contribution in [1.82, 2.24) is 5.32 Å². The molecule has 1 aliphatic heterocycles.